The summed E-state index contributed by atoms with van der Waals surface area (Å²) in [5, 5.41) is 0. The maximum absolute atomic E-state index is 10.2. The molecule has 1 unspecified atom stereocenters. The standard InChI is InChI=1S/C97H88N2/c1-94(2,3)73-47-41-62(42-48-73)68-45-51-85-83(54-68)90-84-55-69(63-43-49-74(50-44-63)95(4,5)6)46-52-86(84)99(93-81(66-33-21-15-22-34-66)60-76(97(10,11)12)61-82(93)67-35-23-16-24-36-67)88-57-72(89-77-39-27-25-37-70(77)53-71-38-26-28-40-78(71)89)56-87(91(88)90)98(85)92-79(64-29-17-13-18-30-64)58-75(96(7,8)9)59-80(92)65-31-19-14-20-32-65/h13-52,54-61,89-90H,53H2,1-12H3/i13D,14D,15D,17D,18D,19D,20D,21D,22D,23D,24D,29D,30D,31D,32D,33D,34D,35D,36D. The van der Waals surface area contributed by atoms with Gasteiger partial charge in [0, 0.05) is 39.7 Å². The molecule has 0 radical (unpaired) electrons. The predicted molar refractivity (Wildman–Crippen MR) is 421 cm³/mol. The summed E-state index contributed by atoms with van der Waals surface area (Å²) in [5.41, 5.74) is 12.1. The Hall–Kier alpha value is -10.5. The van der Waals surface area contributed by atoms with Gasteiger partial charge in [-0.2, -0.15) is 0 Å². The average molecular weight is 1300 g/mol. The van der Waals surface area contributed by atoms with Crippen molar-refractivity contribution in [2.75, 3.05) is 9.80 Å². The predicted octanol–water partition coefficient (Wildman–Crippen LogP) is 26.7. The number of rotatable bonds is 9. The third kappa shape index (κ3) is 11.3. The van der Waals surface area contributed by atoms with Crippen molar-refractivity contribution in [3.05, 3.63) is 357 Å². The highest BCUT2D eigenvalue weighted by Gasteiger charge is 2.45. The normalized spacial score (nSPS) is 16.9. The molecule has 2 nitrogen and oxygen atoms in total. The maximum Gasteiger partial charge on any atom is 0.0629 e. The smallest absolute Gasteiger partial charge is 0.0629 e. The maximum atomic E-state index is 10.2. The number of fused-ring (bicyclic) bond motifs is 6. The van der Waals surface area contributed by atoms with Gasteiger partial charge in [-0.15, -0.1) is 0 Å². The zero-order valence-electron chi connectivity index (χ0n) is 77.0. The molecular formula is C97H88N2. The van der Waals surface area contributed by atoms with E-state index in [-0.39, 0.29) is 78.8 Å². The van der Waals surface area contributed by atoms with E-state index in [4.69, 9.17) is 4.11 Å². The number of hydrogen-bond acceptors (Lipinski definition) is 2. The Labute approximate surface area is 614 Å². The van der Waals surface area contributed by atoms with Crippen LogP contribution in [0.25, 0.3) is 66.8 Å². The molecule has 99 heavy (non-hydrogen) atoms. The molecule has 3 aliphatic rings. The second-order valence-electron chi connectivity index (χ2n) is 30.7. The fraction of sp³-hybridized carbons (Fsp3) is 0.196. The SMILES string of the molecule is [2H]c1cc([2H])c([2H])c(-c2cc(C(C)(C)C)cc(-c3c([2H])c([2H])c([2H])c([2H])c3[2H])c2N2c3ccc(-c4ccc(C(C)(C)C)cc4)cc3C3c4cc(-c5ccc(C(C)(C)C)cc5)ccc4N(c4c(-c5c([2H])c([2H])c([2H])c([2H])c5[2H])cc(C(C)(C)C)cc4-c4c([2H])c([2H])c([2H])c([2H])c4[2H])c4cc(C5c6ccccc6Cc6ccccc65)cc2c43)c1[2H]. The van der Waals surface area contributed by atoms with E-state index >= 15 is 0 Å². The number of anilines is 6. The van der Waals surface area contributed by atoms with Gasteiger partial charge in [-0.1, -0.05) is 313 Å². The van der Waals surface area contributed by atoms with E-state index in [1.807, 2.05) is 106 Å². The zero-order valence-corrected chi connectivity index (χ0v) is 58.0. The van der Waals surface area contributed by atoms with Gasteiger partial charge in [0.15, 0.2) is 0 Å². The molecule has 0 fully saturated rings. The summed E-state index contributed by atoms with van der Waals surface area (Å²) in [4.78, 5) is 3.96. The summed E-state index contributed by atoms with van der Waals surface area (Å²) in [7, 11) is 0. The Morgan fingerprint density at radius 2 is 0.616 bits per heavy atom. The lowest BCUT2D eigenvalue weighted by molar-refractivity contribution is 0.590. The van der Waals surface area contributed by atoms with Crippen molar-refractivity contribution >= 4 is 34.1 Å². The summed E-state index contributed by atoms with van der Waals surface area (Å²) in [6, 6.07) is 47.2. The molecule has 0 bridgehead atoms. The molecule has 0 amide bonds. The van der Waals surface area contributed by atoms with Crippen LogP contribution in [0, 0.1) is 0 Å². The Morgan fingerprint density at radius 3 is 0.970 bits per heavy atom. The highest BCUT2D eigenvalue weighted by Crippen LogP contribution is 2.65. The second kappa shape index (κ2) is 24.2. The van der Waals surface area contributed by atoms with E-state index in [1.54, 1.807) is 18.2 Å². The van der Waals surface area contributed by atoms with Crippen LogP contribution in [-0.2, 0) is 28.1 Å². The van der Waals surface area contributed by atoms with Crippen LogP contribution in [0.3, 0.4) is 0 Å². The summed E-state index contributed by atoms with van der Waals surface area (Å²) >= 11 is 0. The molecule has 2 aliphatic heterocycles. The average Bonchev–Trinajstić information content (AvgIpc) is 0.693. The van der Waals surface area contributed by atoms with Crippen LogP contribution in [0.4, 0.5) is 34.1 Å². The summed E-state index contributed by atoms with van der Waals surface area (Å²) in [6.45, 7) is 24.6. The fourth-order valence-corrected chi connectivity index (χ4v) is 15.0. The second-order valence-corrected chi connectivity index (χ2v) is 30.7. The van der Waals surface area contributed by atoms with E-state index in [1.165, 1.54) is 0 Å². The lowest BCUT2D eigenvalue weighted by atomic mass is 9.71. The molecule has 16 rings (SSSR count). The third-order valence-electron chi connectivity index (χ3n) is 20.2. The van der Waals surface area contributed by atoms with Crippen LogP contribution in [0.5, 0.6) is 0 Å². The minimum Gasteiger partial charge on any atom is -0.309 e. The van der Waals surface area contributed by atoms with E-state index in [9.17, 15) is 21.9 Å². The van der Waals surface area contributed by atoms with Crippen LogP contribution in [0.15, 0.2) is 291 Å². The molecule has 486 valence electrons. The molecule has 13 aromatic rings. The van der Waals surface area contributed by atoms with Gasteiger partial charge in [0.2, 0.25) is 0 Å². The lowest BCUT2D eigenvalue weighted by Gasteiger charge is -2.47. The summed E-state index contributed by atoms with van der Waals surface area (Å²) in [6.07, 6.45) is 0.565. The number of benzene rings is 13. The molecule has 13 aromatic carbocycles. The van der Waals surface area contributed by atoms with Crippen LogP contribution >= 0.6 is 0 Å². The number of hydrogen-bond donors (Lipinski definition) is 0. The van der Waals surface area contributed by atoms with E-state index in [2.05, 4.69) is 139 Å². The largest absolute Gasteiger partial charge is 0.309 e. The highest BCUT2D eigenvalue weighted by atomic mass is 15.2. The molecule has 0 aromatic heterocycles. The van der Waals surface area contributed by atoms with Crippen molar-refractivity contribution in [1.82, 2.24) is 0 Å². The van der Waals surface area contributed by atoms with Crippen molar-refractivity contribution in [3.8, 4) is 66.8 Å². The topological polar surface area (TPSA) is 6.48 Å². The van der Waals surface area contributed by atoms with Crippen LogP contribution in [0.2, 0.25) is 0 Å². The van der Waals surface area contributed by atoms with Gasteiger partial charge in [-0.05, 0) is 194 Å². The van der Waals surface area contributed by atoms with Gasteiger partial charge in [0.05, 0.1) is 60.2 Å². The molecular weight excluding hydrogens is 1190 g/mol. The molecule has 0 spiro atoms. The molecule has 2 heterocycles. The van der Waals surface area contributed by atoms with Crippen LogP contribution in [0.1, 0.15) is 188 Å². The van der Waals surface area contributed by atoms with Crippen molar-refractivity contribution in [1.29, 1.82) is 0 Å². The van der Waals surface area contributed by atoms with Gasteiger partial charge < -0.3 is 9.80 Å². The highest BCUT2D eigenvalue weighted by molar-refractivity contribution is 6.07. The van der Waals surface area contributed by atoms with Gasteiger partial charge >= 0.3 is 0 Å². The van der Waals surface area contributed by atoms with Gasteiger partial charge in [-0.25, -0.2) is 0 Å². The monoisotopic (exact) mass is 1300 g/mol. The van der Waals surface area contributed by atoms with E-state index < -0.39 is 125 Å². The molecule has 0 saturated heterocycles. The number of nitrogens with zero attached hydrogens (tertiary/aromatic N) is 2. The van der Waals surface area contributed by atoms with Crippen LogP contribution < -0.4 is 9.80 Å². The molecule has 0 saturated carbocycles. The van der Waals surface area contributed by atoms with E-state index in [0.717, 1.165) is 61.7 Å². The minimum absolute atomic E-state index is 0.0509. The first-order valence-corrected chi connectivity index (χ1v) is 34.1. The van der Waals surface area contributed by atoms with Crippen molar-refractivity contribution in [3.63, 3.8) is 0 Å². The first-order valence-electron chi connectivity index (χ1n) is 43.6. The molecule has 1 atom stereocenters. The summed E-state index contributed by atoms with van der Waals surface area (Å²) in [5.74, 6) is -1.54. The Balaban J connectivity index is 1.20. The Morgan fingerprint density at radius 1 is 0.283 bits per heavy atom. The van der Waals surface area contributed by atoms with Crippen molar-refractivity contribution in [2.45, 2.75) is 123 Å². The Bertz CT molecular complexity index is 6210. The van der Waals surface area contributed by atoms with E-state index in [0.29, 0.717) is 62.6 Å². The Kier molecular flexibility index (Phi) is 11.0. The fourth-order valence-electron chi connectivity index (χ4n) is 15.0. The lowest BCUT2D eigenvalue weighted by Crippen LogP contribution is -2.31. The van der Waals surface area contributed by atoms with Gasteiger partial charge in [0.25, 0.3) is 0 Å². The zero-order chi connectivity index (χ0) is 84.8. The quantitative estimate of drug-likeness (QED) is 0.142. The van der Waals surface area contributed by atoms with Gasteiger partial charge in [-0.3, -0.25) is 0 Å². The first-order chi connectivity index (χ1) is 55.5. The third-order valence-corrected chi connectivity index (χ3v) is 20.2. The first kappa shape index (κ1) is 45.1. The molecule has 2 heteroatoms. The van der Waals surface area contributed by atoms with Crippen molar-refractivity contribution in [2.24, 2.45) is 0 Å². The molecule has 1 aliphatic carbocycles. The van der Waals surface area contributed by atoms with Crippen LogP contribution in [-0.4, -0.2) is 0 Å². The minimum atomic E-state index is -0.899. The van der Waals surface area contributed by atoms with Crippen molar-refractivity contribution < 1.29 is 26.0 Å². The summed E-state index contributed by atoms with van der Waals surface area (Å²) < 4.78 is 185. The molecule has 0 N–H and O–H groups in total. The van der Waals surface area contributed by atoms with Gasteiger partial charge in [0.1, 0.15) is 0 Å².